The number of carbonyl (C=O) groups excluding carboxylic acids is 1. The minimum atomic E-state index is -0.226. The molecule has 0 bridgehead atoms. The molecule has 0 saturated carbocycles. The summed E-state index contributed by atoms with van der Waals surface area (Å²) in [5, 5.41) is 0.916. The van der Waals surface area contributed by atoms with Crippen LogP contribution in [0.4, 0.5) is 4.39 Å². The molecule has 1 aliphatic rings. The van der Waals surface area contributed by atoms with Gasteiger partial charge < -0.3 is 9.47 Å². The second-order valence-electron chi connectivity index (χ2n) is 6.75. The smallest absolute Gasteiger partial charge is 0.224 e. The molecule has 4 rings (SSSR count). The van der Waals surface area contributed by atoms with Crippen LogP contribution in [-0.2, 0) is 24.3 Å². The van der Waals surface area contributed by atoms with Crippen LogP contribution in [0.2, 0.25) is 0 Å². The van der Waals surface area contributed by atoms with Crippen LogP contribution in [-0.4, -0.2) is 21.9 Å². The fraction of sp³-hybridized carbons (Fsp3) is 0.286. The Hall–Kier alpha value is -2.62. The zero-order valence-corrected chi connectivity index (χ0v) is 14.3. The van der Waals surface area contributed by atoms with Crippen molar-refractivity contribution < 1.29 is 9.18 Å². The monoisotopic (exact) mass is 336 g/mol. The quantitative estimate of drug-likeness (QED) is 0.708. The zero-order chi connectivity index (χ0) is 17.4. The first-order valence-electron chi connectivity index (χ1n) is 8.71. The summed E-state index contributed by atoms with van der Waals surface area (Å²) in [4.78, 5) is 14.6. The van der Waals surface area contributed by atoms with E-state index in [1.165, 1.54) is 17.2 Å². The van der Waals surface area contributed by atoms with Gasteiger partial charge in [0.2, 0.25) is 5.91 Å². The van der Waals surface area contributed by atoms with E-state index in [0.29, 0.717) is 19.5 Å². The van der Waals surface area contributed by atoms with Gasteiger partial charge in [0, 0.05) is 43.2 Å². The number of halogens is 1. The summed E-state index contributed by atoms with van der Waals surface area (Å²) in [6.07, 6.45) is 3.39. The number of fused-ring (bicyclic) bond motifs is 2. The first kappa shape index (κ1) is 15.9. The molecule has 0 unspecified atom stereocenters. The largest absolute Gasteiger partial charge is 0.347 e. The molecule has 1 amide bonds. The van der Waals surface area contributed by atoms with Crippen molar-refractivity contribution in [2.45, 2.75) is 32.9 Å². The van der Waals surface area contributed by atoms with Crippen molar-refractivity contribution in [1.82, 2.24) is 9.47 Å². The lowest BCUT2D eigenvalue weighted by molar-refractivity contribution is -0.132. The van der Waals surface area contributed by atoms with E-state index in [4.69, 9.17) is 0 Å². The Kier molecular flexibility index (Phi) is 4.04. The van der Waals surface area contributed by atoms with Gasteiger partial charge in [-0.1, -0.05) is 24.3 Å². The standard InChI is InChI=1S/C21H21FN2O/c1-15-13-23(20-7-6-18(22)12-19(15)20)11-9-21(25)24-10-8-16-4-2-3-5-17(16)14-24/h2-7,12-13H,8-11,14H2,1H3. The molecule has 2 aromatic carbocycles. The molecule has 0 aliphatic carbocycles. The fourth-order valence-corrected chi connectivity index (χ4v) is 3.72. The van der Waals surface area contributed by atoms with E-state index in [1.54, 1.807) is 12.1 Å². The number of amides is 1. The molecule has 1 aliphatic heterocycles. The van der Waals surface area contributed by atoms with Gasteiger partial charge in [-0.2, -0.15) is 0 Å². The van der Waals surface area contributed by atoms with E-state index in [2.05, 4.69) is 22.8 Å². The van der Waals surface area contributed by atoms with Crippen LogP contribution >= 0.6 is 0 Å². The molecule has 128 valence electrons. The third kappa shape index (κ3) is 3.04. The molecule has 3 aromatic rings. The Labute approximate surface area is 146 Å². The number of aryl methyl sites for hydroxylation is 2. The van der Waals surface area contributed by atoms with E-state index in [-0.39, 0.29) is 11.7 Å². The van der Waals surface area contributed by atoms with Crippen LogP contribution < -0.4 is 0 Å². The van der Waals surface area contributed by atoms with Gasteiger partial charge in [-0.25, -0.2) is 4.39 Å². The number of carbonyl (C=O) groups is 1. The predicted octanol–water partition coefficient (Wildman–Crippen LogP) is 4.06. The van der Waals surface area contributed by atoms with E-state index >= 15 is 0 Å². The van der Waals surface area contributed by atoms with Crippen LogP contribution in [0.15, 0.2) is 48.7 Å². The number of nitrogens with zero attached hydrogens (tertiary/aromatic N) is 2. The summed E-state index contributed by atoms with van der Waals surface area (Å²) in [7, 11) is 0. The molecule has 0 fully saturated rings. The Morgan fingerprint density at radius 1 is 1.16 bits per heavy atom. The topological polar surface area (TPSA) is 25.2 Å². The van der Waals surface area contributed by atoms with Crippen LogP contribution in [0.3, 0.4) is 0 Å². The molecule has 0 saturated heterocycles. The number of rotatable bonds is 3. The van der Waals surface area contributed by atoms with Crippen molar-refractivity contribution in [2.75, 3.05) is 6.54 Å². The van der Waals surface area contributed by atoms with E-state index in [1.807, 2.05) is 24.1 Å². The SMILES string of the molecule is Cc1cn(CCC(=O)N2CCc3ccccc3C2)c2ccc(F)cc12. The van der Waals surface area contributed by atoms with Crippen molar-refractivity contribution in [2.24, 2.45) is 0 Å². The minimum absolute atomic E-state index is 0.177. The van der Waals surface area contributed by atoms with Crippen molar-refractivity contribution in [3.8, 4) is 0 Å². The Morgan fingerprint density at radius 2 is 1.96 bits per heavy atom. The maximum Gasteiger partial charge on any atom is 0.224 e. The van der Waals surface area contributed by atoms with Crippen LogP contribution in [0, 0.1) is 12.7 Å². The molecular formula is C21H21FN2O. The van der Waals surface area contributed by atoms with Crippen molar-refractivity contribution in [3.05, 3.63) is 71.2 Å². The third-order valence-electron chi connectivity index (χ3n) is 5.09. The minimum Gasteiger partial charge on any atom is -0.347 e. The third-order valence-corrected chi connectivity index (χ3v) is 5.09. The van der Waals surface area contributed by atoms with Gasteiger partial charge >= 0.3 is 0 Å². The second kappa shape index (κ2) is 6.36. The summed E-state index contributed by atoms with van der Waals surface area (Å²) in [5.41, 5.74) is 4.62. The number of benzene rings is 2. The maximum atomic E-state index is 13.4. The molecule has 4 heteroatoms. The van der Waals surface area contributed by atoms with Crippen LogP contribution in [0.25, 0.3) is 10.9 Å². The van der Waals surface area contributed by atoms with Gasteiger partial charge in [0.15, 0.2) is 0 Å². The van der Waals surface area contributed by atoms with Crippen LogP contribution in [0.1, 0.15) is 23.1 Å². The molecule has 3 nitrogen and oxygen atoms in total. The normalized spacial score (nSPS) is 13.9. The van der Waals surface area contributed by atoms with E-state index < -0.39 is 0 Å². The van der Waals surface area contributed by atoms with Gasteiger partial charge in [0.05, 0.1) is 0 Å². The van der Waals surface area contributed by atoms with Gasteiger partial charge in [0.25, 0.3) is 0 Å². The second-order valence-corrected chi connectivity index (χ2v) is 6.75. The Morgan fingerprint density at radius 3 is 2.80 bits per heavy atom. The molecule has 0 radical (unpaired) electrons. The van der Waals surface area contributed by atoms with Crippen LogP contribution in [0.5, 0.6) is 0 Å². The summed E-state index contributed by atoms with van der Waals surface area (Å²) in [5.74, 6) is -0.0486. The van der Waals surface area contributed by atoms with Gasteiger partial charge in [-0.3, -0.25) is 4.79 Å². The highest BCUT2D eigenvalue weighted by Crippen LogP contribution is 2.23. The van der Waals surface area contributed by atoms with Crippen molar-refractivity contribution >= 4 is 16.8 Å². The molecule has 25 heavy (non-hydrogen) atoms. The van der Waals surface area contributed by atoms with Gasteiger partial charge in [-0.05, 0) is 48.2 Å². The Bertz CT molecular complexity index is 944. The lowest BCUT2D eigenvalue weighted by Crippen LogP contribution is -2.36. The highest BCUT2D eigenvalue weighted by Gasteiger charge is 2.20. The summed E-state index contributed by atoms with van der Waals surface area (Å²) in [6, 6.07) is 13.2. The lowest BCUT2D eigenvalue weighted by Gasteiger charge is -2.29. The molecule has 0 atom stereocenters. The maximum absolute atomic E-state index is 13.4. The highest BCUT2D eigenvalue weighted by atomic mass is 19.1. The Balaban J connectivity index is 1.46. The molecule has 0 N–H and O–H groups in total. The average Bonchev–Trinajstić information content (AvgIpc) is 2.94. The lowest BCUT2D eigenvalue weighted by atomic mass is 10.00. The molecular weight excluding hydrogens is 315 g/mol. The highest BCUT2D eigenvalue weighted by molar-refractivity contribution is 5.84. The molecule has 0 spiro atoms. The summed E-state index contributed by atoms with van der Waals surface area (Å²) >= 11 is 0. The first-order chi connectivity index (χ1) is 12.1. The number of hydrogen-bond donors (Lipinski definition) is 0. The summed E-state index contributed by atoms with van der Waals surface area (Å²) in [6.45, 7) is 4.08. The van der Waals surface area contributed by atoms with Crippen molar-refractivity contribution in [1.29, 1.82) is 0 Å². The molecule has 2 heterocycles. The zero-order valence-electron chi connectivity index (χ0n) is 14.3. The van der Waals surface area contributed by atoms with Crippen molar-refractivity contribution in [3.63, 3.8) is 0 Å². The first-order valence-corrected chi connectivity index (χ1v) is 8.71. The van der Waals surface area contributed by atoms with E-state index in [0.717, 1.165) is 29.4 Å². The average molecular weight is 336 g/mol. The number of aromatic nitrogens is 1. The van der Waals surface area contributed by atoms with Gasteiger partial charge in [-0.15, -0.1) is 0 Å². The van der Waals surface area contributed by atoms with E-state index in [9.17, 15) is 9.18 Å². The predicted molar refractivity (Wildman–Crippen MR) is 96.8 cm³/mol. The number of hydrogen-bond acceptors (Lipinski definition) is 1. The fourth-order valence-electron chi connectivity index (χ4n) is 3.72. The summed E-state index contributed by atoms with van der Waals surface area (Å²) < 4.78 is 15.5. The van der Waals surface area contributed by atoms with Gasteiger partial charge in [0.1, 0.15) is 5.82 Å². The molecule has 1 aromatic heterocycles.